The predicted molar refractivity (Wildman–Crippen MR) is 135 cm³/mol. The minimum atomic E-state index is -0.341. The van der Waals surface area contributed by atoms with Crippen LogP contribution in [0.5, 0.6) is 0 Å². The fourth-order valence-corrected chi connectivity index (χ4v) is 5.75. The Morgan fingerprint density at radius 1 is 1.08 bits per heavy atom. The highest BCUT2D eigenvalue weighted by Crippen LogP contribution is 2.39. The monoisotopic (exact) mass is 476 g/mol. The summed E-state index contributed by atoms with van der Waals surface area (Å²) in [6, 6.07) is 9.19. The number of hydrogen-bond donors (Lipinski definition) is 1. The highest BCUT2D eigenvalue weighted by molar-refractivity contribution is 5.93. The van der Waals surface area contributed by atoms with Crippen molar-refractivity contribution in [1.82, 2.24) is 29.7 Å². The summed E-state index contributed by atoms with van der Waals surface area (Å²) >= 11 is 0. The van der Waals surface area contributed by atoms with Crippen LogP contribution >= 0.6 is 0 Å². The third kappa shape index (κ3) is 3.66. The lowest BCUT2D eigenvalue weighted by Crippen LogP contribution is -2.50. The number of nitrogens with zero attached hydrogens (tertiary/aromatic N) is 7. The summed E-state index contributed by atoms with van der Waals surface area (Å²) in [5.74, 6) is 2.75. The number of rotatable bonds is 4. The van der Waals surface area contributed by atoms with Gasteiger partial charge >= 0.3 is 0 Å². The molecule has 0 aliphatic carbocycles. The number of piperidine rings is 1. The average Bonchev–Trinajstić information content (AvgIpc) is 3.59. The molecule has 6 heterocycles. The molecule has 6 rings (SSSR count). The predicted octanol–water partition coefficient (Wildman–Crippen LogP) is 2.92. The van der Waals surface area contributed by atoms with E-state index >= 15 is 0 Å². The van der Waals surface area contributed by atoms with Crippen LogP contribution in [0.2, 0.25) is 0 Å². The van der Waals surface area contributed by atoms with Crippen LogP contribution in [0.4, 0.5) is 5.82 Å². The molecule has 0 spiro atoms. The summed E-state index contributed by atoms with van der Waals surface area (Å²) < 4.78 is 3.51. The van der Waals surface area contributed by atoms with E-state index in [1.807, 2.05) is 31.8 Å². The van der Waals surface area contributed by atoms with E-state index in [1.54, 1.807) is 15.4 Å². The number of carbonyl (C=O) groups excluding carboxylic acids is 1. The first kappa shape index (κ1) is 21.9. The van der Waals surface area contributed by atoms with Crippen LogP contribution in [0.15, 0.2) is 49.2 Å². The number of hydrogen-bond acceptors (Lipinski definition) is 6. The molecule has 1 amide bonds. The normalized spacial score (nSPS) is 20.8. The molecule has 0 radical (unpaired) electrons. The van der Waals surface area contributed by atoms with E-state index in [-0.39, 0.29) is 11.9 Å². The summed E-state index contributed by atoms with van der Waals surface area (Å²) in [6.45, 7) is 0. The molecule has 0 aromatic carbocycles. The number of carbonyl (C=O) groups is 1. The van der Waals surface area contributed by atoms with Crippen molar-refractivity contribution >= 4 is 17.2 Å². The summed E-state index contributed by atoms with van der Waals surface area (Å²) in [7, 11) is 1.88. The number of pyridine rings is 2. The third-order valence-corrected chi connectivity index (χ3v) is 7.29. The number of terminal acetylenes is 1. The molecule has 2 aliphatic rings. The Morgan fingerprint density at radius 2 is 1.89 bits per heavy atom. The molecule has 1 N–H and O–H groups in total. The molecule has 2 saturated heterocycles. The van der Waals surface area contributed by atoms with Gasteiger partial charge in [-0.3, -0.25) is 9.48 Å². The fraction of sp³-hybridized carbons (Fsp3) is 0.296. The Kier molecular flexibility index (Phi) is 5.19. The molecule has 2 bridgehead atoms. The first-order valence-electron chi connectivity index (χ1n) is 12.0. The number of nitrogens with one attached hydrogen (secondary N) is 1. The Balaban J connectivity index is 1.34. The number of amides is 1. The number of fused-ring (bicyclic) bond motifs is 3. The zero-order valence-electron chi connectivity index (χ0n) is 19.8. The van der Waals surface area contributed by atoms with Gasteiger partial charge in [-0.2, -0.15) is 15.5 Å². The van der Waals surface area contributed by atoms with E-state index in [1.165, 1.54) is 0 Å². The Labute approximate surface area is 208 Å². The number of anilines is 1. The molecule has 4 aromatic rings. The number of aryl methyl sites for hydroxylation is 1. The average molecular weight is 477 g/mol. The highest BCUT2D eigenvalue weighted by Gasteiger charge is 2.41. The van der Waals surface area contributed by atoms with Crippen molar-refractivity contribution in [3.05, 3.63) is 54.7 Å². The maximum Gasteiger partial charge on any atom is 0.295 e. The van der Waals surface area contributed by atoms with Crippen molar-refractivity contribution in [1.29, 1.82) is 5.26 Å². The summed E-state index contributed by atoms with van der Waals surface area (Å²) in [6.07, 6.45) is 18.3. The molecule has 2 unspecified atom stereocenters. The molecule has 2 aliphatic heterocycles. The molecule has 4 aromatic heterocycles. The van der Waals surface area contributed by atoms with E-state index in [4.69, 9.17) is 11.4 Å². The Bertz CT molecular complexity index is 1540. The summed E-state index contributed by atoms with van der Waals surface area (Å²) in [5.41, 5.74) is 5.00. The summed E-state index contributed by atoms with van der Waals surface area (Å²) in [5, 5.41) is 21.3. The van der Waals surface area contributed by atoms with Crippen LogP contribution in [-0.2, 0) is 11.8 Å². The van der Waals surface area contributed by atoms with Crippen molar-refractivity contribution in [2.24, 2.45) is 7.05 Å². The van der Waals surface area contributed by atoms with Crippen molar-refractivity contribution < 1.29 is 4.79 Å². The lowest BCUT2D eigenvalue weighted by molar-refractivity contribution is -0.116. The smallest absolute Gasteiger partial charge is 0.295 e. The van der Waals surface area contributed by atoms with Gasteiger partial charge in [0, 0.05) is 66.0 Å². The maximum atomic E-state index is 11.7. The van der Waals surface area contributed by atoms with Gasteiger partial charge in [-0.1, -0.05) is 0 Å². The third-order valence-electron chi connectivity index (χ3n) is 7.29. The van der Waals surface area contributed by atoms with E-state index in [0.29, 0.717) is 17.6 Å². The van der Waals surface area contributed by atoms with Crippen molar-refractivity contribution in [3.63, 3.8) is 0 Å². The van der Waals surface area contributed by atoms with Gasteiger partial charge in [0.25, 0.3) is 5.91 Å². The molecule has 9 heteroatoms. The van der Waals surface area contributed by atoms with Gasteiger partial charge in [0.15, 0.2) is 0 Å². The zero-order chi connectivity index (χ0) is 24.8. The Morgan fingerprint density at radius 3 is 2.53 bits per heavy atom. The van der Waals surface area contributed by atoms with E-state index in [0.717, 1.165) is 59.3 Å². The number of aromatic nitrogens is 5. The Hall–Kier alpha value is -4.63. The second-order valence-electron chi connectivity index (χ2n) is 9.49. The van der Waals surface area contributed by atoms with E-state index in [2.05, 4.69) is 50.6 Å². The van der Waals surface area contributed by atoms with Gasteiger partial charge in [0.2, 0.25) is 0 Å². The topological polar surface area (TPSA) is 104 Å². The minimum Gasteiger partial charge on any atom is -0.350 e. The zero-order valence-corrected chi connectivity index (χ0v) is 19.8. The molecule has 2 atom stereocenters. The minimum absolute atomic E-state index is 0.108. The molecular weight excluding hydrogens is 452 g/mol. The second kappa shape index (κ2) is 8.54. The van der Waals surface area contributed by atoms with Gasteiger partial charge in [0.05, 0.1) is 23.5 Å². The quantitative estimate of drug-likeness (QED) is 0.454. The lowest BCUT2D eigenvalue weighted by atomic mass is 9.97. The lowest BCUT2D eigenvalue weighted by Gasteiger charge is -2.39. The SMILES string of the molecule is C#CC(=O)NC1CC2CCC(C1)N2c1ccc(-c2cc(-c3cnn(C)c3)cn3ncc(C#N)c23)cn1. The van der Waals surface area contributed by atoms with Gasteiger partial charge < -0.3 is 10.2 Å². The molecule has 0 saturated carbocycles. The first-order chi connectivity index (χ1) is 17.5. The van der Waals surface area contributed by atoms with Crippen molar-refractivity contribution in [2.75, 3.05) is 4.90 Å². The largest absolute Gasteiger partial charge is 0.350 e. The van der Waals surface area contributed by atoms with Gasteiger partial charge in [-0.15, -0.1) is 6.42 Å². The van der Waals surface area contributed by atoms with Crippen LogP contribution in [-0.4, -0.2) is 48.4 Å². The van der Waals surface area contributed by atoms with Crippen LogP contribution in [0.1, 0.15) is 31.2 Å². The van der Waals surface area contributed by atoms with Gasteiger partial charge in [0.1, 0.15) is 11.9 Å². The number of nitriles is 1. The summed E-state index contributed by atoms with van der Waals surface area (Å²) in [4.78, 5) is 18.9. The standard InChI is InChI=1S/C27H24N8O/c1-3-26(36)32-21-9-22-5-6-23(10-21)35(22)25-7-4-17(12-29-25)24-8-18(20-14-30-33(2)15-20)16-34-27(24)19(11-28)13-31-34/h1,4,7-8,12-16,21-23H,5-6,9-10H2,2H3,(H,32,36). The highest BCUT2D eigenvalue weighted by atomic mass is 16.1. The van der Waals surface area contributed by atoms with E-state index < -0.39 is 0 Å². The second-order valence-corrected chi connectivity index (χ2v) is 9.49. The first-order valence-corrected chi connectivity index (χ1v) is 12.0. The molecule has 9 nitrogen and oxygen atoms in total. The maximum absolute atomic E-state index is 11.7. The van der Waals surface area contributed by atoms with Crippen molar-refractivity contribution in [3.8, 4) is 40.7 Å². The van der Waals surface area contributed by atoms with Gasteiger partial charge in [-0.25, -0.2) is 9.50 Å². The van der Waals surface area contributed by atoms with Crippen molar-refractivity contribution in [2.45, 2.75) is 43.8 Å². The van der Waals surface area contributed by atoms with Crippen LogP contribution < -0.4 is 10.2 Å². The molecule has 36 heavy (non-hydrogen) atoms. The van der Waals surface area contributed by atoms with Gasteiger partial charge in [-0.05, 0) is 49.8 Å². The molecule has 178 valence electrons. The van der Waals surface area contributed by atoms with Crippen LogP contribution in [0.25, 0.3) is 27.8 Å². The van der Waals surface area contributed by atoms with Crippen LogP contribution in [0.3, 0.4) is 0 Å². The molecule has 2 fully saturated rings. The van der Waals surface area contributed by atoms with E-state index in [9.17, 15) is 10.1 Å². The molecular formula is C27H24N8O. The van der Waals surface area contributed by atoms with Crippen LogP contribution in [0, 0.1) is 23.7 Å². The fourth-order valence-electron chi connectivity index (χ4n) is 5.75.